The quantitative estimate of drug-likeness (QED) is 0.531. The molecule has 4 nitrogen and oxygen atoms in total. The first kappa shape index (κ1) is 15.7. The van der Waals surface area contributed by atoms with Crippen LogP contribution < -0.4 is 4.74 Å². The van der Waals surface area contributed by atoms with Crippen molar-refractivity contribution in [3.8, 4) is 5.75 Å². The molecule has 1 aromatic carbocycles. The Balaban J connectivity index is 2.44. The maximum absolute atomic E-state index is 11.8. The van der Waals surface area contributed by atoms with Crippen molar-refractivity contribution < 1.29 is 19.7 Å². The number of ketones is 1. The molecule has 0 amide bonds. The number of ether oxygens (including phenoxy) is 1. The molecule has 0 heterocycles. The van der Waals surface area contributed by atoms with E-state index in [1.165, 1.54) is 0 Å². The van der Waals surface area contributed by atoms with Crippen LogP contribution in [0.5, 0.6) is 5.75 Å². The maximum atomic E-state index is 11.8. The minimum Gasteiger partial charge on any atom is -0.491 e. The van der Waals surface area contributed by atoms with Gasteiger partial charge < -0.3 is 14.9 Å². The summed E-state index contributed by atoms with van der Waals surface area (Å²) in [6.45, 7) is 1.83. The Morgan fingerprint density at radius 1 is 1.26 bits per heavy atom. The molecule has 0 spiro atoms. The normalized spacial score (nSPS) is 12.2. The third-order valence-corrected chi connectivity index (χ3v) is 2.84. The van der Waals surface area contributed by atoms with Gasteiger partial charge in [-0.1, -0.05) is 19.8 Å². The lowest BCUT2D eigenvalue weighted by Crippen LogP contribution is -2.21. The molecule has 19 heavy (non-hydrogen) atoms. The molecule has 0 aliphatic carbocycles. The number of benzene rings is 1. The third-order valence-electron chi connectivity index (χ3n) is 2.84. The molecular weight excluding hydrogens is 244 g/mol. The van der Waals surface area contributed by atoms with Gasteiger partial charge in [-0.25, -0.2) is 0 Å². The SMILES string of the molecule is CCCCCC(=O)c1ccc(OCC(O)CO)cc1. The predicted molar refractivity (Wildman–Crippen MR) is 73.5 cm³/mol. The fourth-order valence-corrected chi connectivity index (χ4v) is 1.66. The van der Waals surface area contributed by atoms with Crippen LogP contribution in [0.25, 0.3) is 0 Å². The van der Waals surface area contributed by atoms with Crippen LogP contribution >= 0.6 is 0 Å². The number of hydrogen-bond donors (Lipinski definition) is 2. The number of unbranched alkanes of at least 4 members (excludes halogenated alkanes) is 2. The van der Waals surface area contributed by atoms with Gasteiger partial charge in [0.25, 0.3) is 0 Å². The molecule has 1 rings (SSSR count). The Kier molecular flexibility index (Phi) is 7.15. The Hall–Kier alpha value is -1.39. The Labute approximate surface area is 114 Å². The van der Waals surface area contributed by atoms with E-state index in [-0.39, 0.29) is 19.0 Å². The molecule has 106 valence electrons. The highest BCUT2D eigenvalue weighted by molar-refractivity contribution is 5.96. The second-order valence-corrected chi connectivity index (χ2v) is 4.55. The van der Waals surface area contributed by atoms with E-state index in [0.717, 1.165) is 19.3 Å². The molecule has 1 unspecified atom stereocenters. The Bertz CT molecular complexity index is 372. The van der Waals surface area contributed by atoms with Gasteiger partial charge in [0.05, 0.1) is 6.61 Å². The van der Waals surface area contributed by atoms with Crippen LogP contribution in [0.2, 0.25) is 0 Å². The van der Waals surface area contributed by atoms with Crippen LogP contribution in [-0.2, 0) is 0 Å². The molecule has 2 N–H and O–H groups in total. The molecular formula is C15H22O4. The fraction of sp³-hybridized carbons (Fsp3) is 0.533. The highest BCUT2D eigenvalue weighted by atomic mass is 16.5. The van der Waals surface area contributed by atoms with Crippen molar-refractivity contribution in [1.82, 2.24) is 0 Å². The van der Waals surface area contributed by atoms with Gasteiger partial charge in [0.2, 0.25) is 0 Å². The van der Waals surface area contributed by atoms with Gasteiger partial charge in [0, 0.05) is 12.0 Å². The summed E-state index contributed by atoms with van der Waals surface area (Å²) in [6.07, 6.45) is 2.81. The first-order chi connectivity index (χ1) is 9.17. The second kappa shape index (κ2) is 8.67. The number of carbonyl (C=O) groups excluding carboxylic acids is 1. The van der Waals surface area contributed by atoms with Gasteiger partial charge in [0.15, 0.2) is 5.78 Å². The van der Waals surface area contributed by atoms with Gasteiger partial charge in [-0.05, 0) is 30.7 Å². The number of Topliss-reactive ketones (excluding diaryl/α,β-unsaturated/α-hetero) is 1. The average Bonchev–Trinajstić information content (AvgIpc) is 2.45. The van der Waals surface area contributed by atoms with E-state index >= 15 is 0 Å². The van der Waals surface area contributed by atoms with Crippen molar-refractivity contribution in [3.63, 3.8) is 0 Å². The van der Waals surface area contributed by atoms with Gasteiger partial charge in [-0.2, -0.15) is 0 Å². The highest BCUT2D eigenvalue weighted by Gasteiger charge is 2.06. The monoisotopic (exact) mass is 266 g/mol. The van der Waals surface area contributed by atoms with E-state index < -0.39 is 6.10 Å². The largest absolute Gasteiger partial charge is 0.491 e. The lowest BCUT2D eigenvalue weighted by molar-refractivity contribution is 0.0536. The number of carbonyl (C=O) groups is 1. The predicted octanol–water partition coefficient (Wildman–Crippen LogP) is 2.18. The molecule has 4 heteroatoms. The van der Waals surface area contributed by atoms with Gasteiger partial charge in [0.1, 0.15) is 18.5 Å². The van der Waals surface area contributed by atoms with Crippen LogP contribution in [0, 0.1) is 0 Å². The van der Waals surface area contributed by atoms with Gasteiger partial charge >= 0.3 is 0 Å². The summed E-state index contributed by atoms with van der Waals surface area (Å²) in [6, 6.07) is 6.87. The molecule has 0 aliphatic rings. The molecule has 0 bridgehead atoms. The van der Waals surface area contributed by atoms with Gasteiger partial charge in [-0.15, -0.1) is 0 Å². The van der Waals surface area contributed by atoms with Gasteiger partial charge in [-0.3, -0.25) is 4.79 Å². The smallest absolute Gasteiger partial charge is 0.162 e. The molecule has 0 saturated carbocycles. The molecule has 0 aliphatic heterocycles. The lowest BCUT2D eigenvalue weighted by atomic mass is 10.0. The minimum absolute atomic E-state index is 0.0420. The number of rotatable bonds is 9. The van der Waals surface area contributed by atoms with Crippen molar-refractivity contribution in [3.05, 3.63) is 29.8 Å². The van der Waals surface area contributed by atoms with E-state index in [1.807, 2.05) is 0 Å². The zero-order valence-electron chi connectivity index (χ0n) is 11.3. The van der Waals surface area contributed by atoms with Crippen LogP contribution in [0.4, 0.5) is 0 Å². The van der Waals surface area contributed by atoms with E-state index in [4.69, 9.17) is 14.9 Å². The van der Waals surface area contributed by atoms with Crippen molar-refractivity contribution in [2.45, 2.75) is 38.7 Å². The van der Waals surface area contributed by atoms with Crippen LogP contribution in [-0.4, -0.2) is 35.3 Å². The van der Waals surface area contributed by atoms with E-state index in [1.54, 1.807) is 24.3 Å². The molecule has 1 atom stereocenters. The second-order valence-electron chi connectivity index (χ2n) is 4.55. The third kappa shape index (κ3) is 5.85. The summed E-state index contributed by atoms with van der Waals surface area (Å²) in [4.78, 5) is 11.8. The summed E-state index contributed by atoms with van der Waals surface area (Å²) < 4.78 is 5.27. The summed E-state index contributed by atoms with van der Waals surface area (Å²) in [5, 5.41) is 17.8. The Morgan fingerprint density at radius 2 is 1.95 bits per heavy atom. The standard InChI is InChI=1S/C15H22O4/c1-2-3-4-5-15(18)12-6-8-14(9-7-12)19-11-13(17)10-16/h6-9,13,16-17H,2-5,10-11H2,1H3. The molecule has 0 saturated heterocycles. The molecule has 0 radical (unpaired) electrons. The molecule has 0 aromatic heterocycles. The topological polar surface area (TPSA) is 66.8 Å². The van der Waals surface area contributed by atoms with Crippen molar-refractivity contribution in [2.24, 2.45) is 0 Å². The number of hydrogen-bond acceptors (Lipinski definition) is 4. The van der Waals surface area contributed by atoms with E-state index in [2.05, 4.69) is 6.92 Å². The van der Waals surface area contributed by atoms with Crippen molar-refractivity contribution in [2.75, 3.05) is 13.2 Å². The minimum atomic E-state index is -0.879. The van der Waals surface area contributed by atoms with Crippen molar-refractivity contribution >= 4 is 5.78 Å². The van der Waals surface area contributed by atoms with Crippen LogP contribution in [0.1, 0.15) is 43.0 Å². The van der Waals surface area contributed by atoms with E-state index in [9.17, 15) is 4.79 Å². The fourth-order valence-electron chi connectivity index (χ4n) is 1.66. The lowest BCUT2D eigenvalue weighted by Gasteiger charge is -2.10. The van der Waals surface area contributed by atoms with Crippen LogP contribution in [0.15, 0.2) is 24.3 Å². The first-order valence-electron chi connectivity index (χ1n) is 6.72. The Morgan fingerprint density at radius 3 is 2.53 bits per heavy atom. The maximum Gasteiger partial charge on any atom is 0.162 e. The first-order valence-corrected chi connectivity index (χ1v) is 6.72. The zero-order valence-corrected chi connectivity index (χ0v) is 11.3. The molecule has 0 fully saturated rings. The number of aliphatic hydroxyl groups excluding tert-OH is 2. The average molecular weight is 266 g/mol. The summed E-state index contributed by atoms with van der Waals surface area (Å²) in [5.41, 5.74) is 0.686. The summed E-state index contributed by atoms with van der Waals surface area (Å²) in [7, 11) is 0. The highest BCUT2D eigenvalue weighted by Crippen LogP contribution is 2.15. The molecule has 1 aromatic rings. The van der Waals surface area contributed by atoms with Crippen molar-refractivity contribution in [1.29, 1.82) is 0 Å². The number of aliphatic hydroxyl groups is 2. The van der Waals surface area contributed by atoms with Crippen LogP contribution in [0.3, 0.4) is 0 Å². The van der Waals surface area contributed by atoms with E-state index in [0.29, 0.717) is 17.7 Å². The summed E-state index contributed by atoms with van der Waals surface area (Å²) >= 11 is 0. The summed E-state index contributed by atoms with van der Waals surface area (Å²) in [5.74, 6) is 0.730. The zero-order chi connectivity index (χ0) is 14.1.